The van der Waals surface area contributed by atoms with E-state index in [1.54, 1.807) is 6.92 Å². The highest BCUT2D eigenvalue weighted by molar-refractivity contribution is 6.99. The lowest BCUT2D eigenvalue weighted by Crippen LogP contribution is -2.09. The van der Waals surface area contributed by atoms with Gasteiger partial charge in [-0.25, -0.2) is 0 Å². The van der Waals surface area contributed by atoms with Crippen molar-refractivity contribution in [2.45, 2.75) is 19.4 Å². The van der Waals surface area contributed by atoms with Crippen LogP contribution in [-0.2, 0) is 0 Å². The Morgan fingerprint density at radius 2 is 2.42 bits per heavy atom. The third-order valence-electron chi connectivity index (χ3n) is 1.30. The van der Waals surface area contributed by atoms with Gasteiger partial charge in [0.2, 0.25) is 0 Å². The fraction of sp³-hybridized carbons (Fsp3) is 0.667. The van der Waals surface area contributed by atoms with Gasteiger partial charge in [-0.2, -0.15) is 8.75 Å². The molecule has 0 bridgehead atoms. The van der Waals surface area contributed by atoms with Crippen LogP contribution in [0.1, 0.15) is 13.3 Å². The molecule has 0 aliphatic carbocycles. The van der Waals surface area contributed by atoms with Gasteiger partial charge in [0, 0.05) is 6.54 Å². The first-order valence-corrected chi connectivity index (χ1v) is 4.71. The molecule has 0 aliphatic rings. The van der Waals surface area contributed by atoms with Gasteiger partial charge in [-0.1, -0.05) is 11.6 Å². The van der Waals surface area contributed by atoms with Crippen LogP contribution in [0, 0.1) is 0 Å². The van der Waals surface area contributed by atoms with Gasteiger partial charge in [0.05, 0.1) is 17.8 Å². The number of aliphatic hydroxyl groups is 1. The summed E-state index contributed by atoms with van der Waals surface area (Å²) in [5.41, 5.74) is 0. The molecule has 0 saturated carbocycles. The number of hydrogen-bond donors (Lipinski definition) is 2. The van der Waals surface area contributed by atoms with Crippen LogP contribution in [0.4, 0.5) is 5.82 Å². The van der Waals surface area contributed by atoms with Gasteiger partial charge in [-0.05, 0) is 13.3 Å². The molecule has 12 heavy (non-hydrogen) atoms. The quantitative estimate of drug-likeness (QED) is 0.783. The Hall–Kier alpha value is -0.390. The molecule has 6 heteroatoms. The minimum atomic E-state index is -0.303. The normalized spacial score (nSPS) is 12.9. The van der Waals surface area contributed by atoms with E-state index in [1.807, 2.05) is 0 Å². The molecule has 0 aromatic carbocycles. The fourth-order valence-corrected chi connectivity index (χ4v) is 1.37. The Kier molecular flexibility index (Phi) is 3.71. The molecule has 0 saturated heterocycles. The first-order valence-electron chi connectivity index (χ1n) is 3.60. The number of rotatable bonds is 4. The molecule has 1 rings (SSSR count). The van der Waals surface area contributed by atoms with Gasteiger partial charge in [-0.15, -0.1) is 0 Å². The summed E-state index contributed by atoms with van der Waals surface area (Å²) in [6, 6.07) is 0. The molecule has 1 aromatic heterocycles. The number of aromatic nitrogens is 2. The van der Waals surface area contributed by atoms with Crippen LogP contribution in [0.5, 0.6) is 0 Å². The molecule has 0 amide bonds. The Morgan fingerprint density at radius 3 is 2.92 bits per heavy atom. The fourth-order valence-electron chi connectivity index (χ4n) is 0.683. The van der Waals surface area contributed by atoms with Crippen LogP contribution in [0.25, 0.3) is 0 Å². The van der Waals surface area contributed by atoms with Crippen LogP contribution in [0.15, 0.2) is 0 Å². The minimum Gasteiger partial charge on any atom is -0.393 e. The summed E-state index contributed by atoms with van der Waals surface area (Å²) < 4.78 is 7.70. The van der Waals surface area contributed by atoms with E-state index in [0.29, 0.717) is 23.9 Å². The smallest absolute Gasteiger partial charge is 0.186 e. The van der Waals surface area contributed by atoms with Crippen molar-refractivity contribution in [3.63, 3.8) is 0 Å². The lowest BCUT2D eigenvalue weighted by molar-refractivity contribution is 0.188. The van der Waals surface area contributed by atoms with E-state index in [-0.39, 0.29) is 6.10 Å². The number of aliphatic hydroxyl groups excluding tert-OH is 1. The first kappa shape index (κ1) is 9.70. The molecule has 0 radical (unpaired) electrons. The van der Waals surface area contributed by atoms with E-state index < -0.39 is 0 Å². The molecule has 1 heterocycles. The zero-order valence-electron chi connectivity index (χ0n) is 6.62. The second kappa shape index (κ2) is 4.59. The average molecular weight is 208 g/mol. The van der Waals surface area contributed by atoms with E-state index in [9.17, 15) is 0 Å². The monoisotopic (exact) mass is 207 g/mol. The SMILES string of the molecule is CC(O)CCNc1nsnc1Cl. The second-order valence-corrected chi connectivity index (χ2v) is 3.35. The maximum atomic E-state index is 8.94. The van der Waals surface area contributed by atoms with E-state index in [0.717, 1.165) is 11.7 Å². The summed E-state index contributed by atoms with van der Waals surface area (Å²) in [7, 11) is 0. The molecule has 0 aliphatic heterocycles. The van der Waals surface area contributed by atoms with E-state index in [2.05, 4.69) is 14.1 Å². The summed E-state index contributed by atoms with van der Waals surface area (Å²) in [6.45, 7) is 2.39. The molecule has 4 nitrogen and oxygen atoms in total. The van der Waals surface area contributed by atoms with Gasteiger partial charge in [0.1, 0.15) is 0 Å². The zero-order chi connectivity index (χ0) is 8.97. The van der Waals surface area contributed by atoms with Gasteiger partial charge in [0.15, 0.2) is 11.0 Å². The summed E-state index contributed by atoms with van der Waals surface area (Å²) >= 11 is 6.74. The maximum Gasteiger partial charge on any atom is 0.186 e. The summed E-state index contributed by atoms with van der Waals surface area (Å²) in [6.07, 6.45) is 0.372. The van der Waals surface area contributed by atoms with E-state index in [4.69, 9.17) is 16.7 Å². The van der Waals surface area contributed by atoms with Crippen molar-refractivity contribution in [2.75, 3.05) is 11.9 Å². The number of nitrogens with zero attached hydrogens (tertiary/aromatic N) is 2. The van der Waals surface area contributed by atoms with Crippen LogP contribution in [-0.4, -0.2) is 26.5 Å². The van der Waals surface area contributed by atoms with Crippen molar-refractivity contribution in [3.8, 4) is 0 Å². The lowest BCUT2D eigenvalue weighted by atomic mass is 10.3. The van der Waals surface area contributed by atoms with E-state index in [1.165, 1.54) is 0 Å². The predicted octanol–water partition coefficient (Wildman–Crippen LogP) is 1.37. The minimum absolute atomic E-state index is 0.303. The van der Waals surface area contributed by atoms with Crippen molar-refractivity contribution < 1.29 is 5.11 Å². The summed E-state index contributed by atoms with van der Waals surface area (Å²) in [5, 5.41) is 12.3. The molecular weight excluding hydrogens is 198 g/mol. The maximum absolute atomic E-state index is 8.94. The van der Waals surface area contributed by atoms with Gasteiger partial charge < -0.3 is 10.4 Å². The van der Waals surface area contributed by atoms with Crippen LogP contribution < -0.4 is 5.32 Å². The Balaban J connectivity index is 2.29. The lowest BCUT2D eigenvalue weighted by Gasteiger charge is -2.04. The van der Waals surface area contributed by atoms with E-state index >= 15 is 0 Å². The van der Waals surface area contributed by atoms with Crippen molar-refractivity contribution in [2.24, 2.45) is 0 Å². The highest BCUT2D eigenvalue weighted by atomic mass is 35.5. The summed E-state index contributed by atoms with van der Waals surface area (Å²) in [4.78, 5) is 0. The summed E-state index contributed by atoms with van der Waals surface area (Å²) in [5.74, 6) is 0.599. The molecular formula is C6H10ClN3OS. The average Bonchev–Trinajstić information content (AvgIpc) is 2.36. The number of nitrogens with one attached hydrogen (secondary N) is 1. The zero-order valence-corrected chi connectivity index (χ0v) is 8.19. The Bertz CT molecular complexity index is 240. The topological polar surface area (TPSA) is 58.0 Å². The Morgan fingerprint density at radius 1 is 1.67 bits per heavy atom. The van der Waals surface area contributed by atoms with Crippen LogP contribution in [0.3, 0.4) is 0 Å². The third kappa shape index (κ3) is 2.92. The molecule has 0 spiro atoms. The standard InChI is InChI=1S/C6H10ClN3OS/c1-4(11)2-3-8-6-5(7)9-12-10-6/h4,11H,2-3H2,1H3,(H,8,10). The van der Waals surface area contributed by atoms with Crippen LogP contribution >= 0.6 is 23.3 Å². The molecule has 0 fully saturated rings. The van der Waals surface area contributed by atoms with Gasteiger partial charge in [0.25, 0.3) is 0 Å². The second-order valence-electron chi connectivity index (χ2n) is 2.47. The largest absolute Gasteiger partial charge is 0.393 e. The highest BCUT2D eigenvalue weighted by Gasteiger charge is 2.03. The predicted molar refractivity (Wildman–Crippen MR) is 49.7 cm³/mol. The van der Waals surface area contributed by atoms with Gasteiger partial charge >= 0.3 is 0 Å². The Labute approximate surface area is 79.9 Å². The first-order chi connectivity index (χ1) is 5.70. The van der Waals surface area contributed by atoms with Crippen molar-refractivity contribution >= 4 is 29.1 Å². The number of hydrogen-bond acceptors (Lipinski definition) is 5. The number of anilines is 1. The highest BCUT2D eigenvalue weighted by Crippen LogP contribution is 2.17. The third-order valence-corrected chi connectivity index (χ3v) is 2.20. The van der Waals surface area contributed by atoms with Gasteiger partial charge in [-0.3, -0.25) is 0 Å². The molecule has 1 atom stereocenters. The van der Waals surface area contributed by atoms with Crippen LogP contribution in [0.2, 0.25) is 5.15 Å². The number of halogens is 1. The molecule has 2 N–H and O–H groups in total. The molecule has 1 aromatic rings. The van der Waals surface area contributed by atoms with Crippen molar-refractivity contribution in [1.82, 2.24) is 8.75 Å². The molecule has 68 valence electrons. The van der Waals surface area contributed by atoms with Crippen molar-refractivity contribution in [3.05, 3.63) is 5.15 Å². The molecule has 1 unspecified atom stereocenters. The van der Waals surface area contributed by atoms with Crippen molar-refractivity contribution in [1.29, 1.82) is 0 Å².